The second kappa shape index (κ2) is 6.21. The fraction of sp³-hybridized carbons (Fsp3) is 0.652. The van der Waals surface area contributed by atoms with Crippen molar-refractivity contribution in [2.45, 2.75) is 63.5 Å². The lowest BCUT2D eigenvalue weighted by atomic mass is 9.52. The molecule has 4 atom stereocenters. The third-order valence-corrected chi connectivity index (χ3v) is 8.25. The van der Waals surface area contributed by atoms with Crippen LogP contribution in [0.5, 0.6) is 11.5 Å². The number of hydrogen-bond donors (Lipinski definition) is 0. The van der Waals surface area contributed by atoms with Crippen molar-refractivity contribution in [3.63, 3.8) is 0 Å². The molecule has 0 radical (unpaired) electrons. The molecule has 0 N–H and O–H groups in total. The number of ether oxygens (including phenoxy) is 2. The number of piperidine rings is 1. The number of carbonyl (C=O) groups excluding carboxylic acids is 2. The second-order valence-electron chi connectivity index (χ2n) is 9.18. The molecule has 3 fully saturated rings. The van der Waals surface area contributed by atoms with Crippen LogP contribution in [0.2, 0.25) is 0 Å². The van der Waals surface area contributed by atoms with E-state index in [1.807, 2.05) is 6.07 Å². The van der Waals surface area contributed by atoms with Gasteiger partial charge in [-0.1, -0.05) is 13.0 Å². The van der Waals surface area contributed by atoms with E-state index in [0.717, 1.165) is 50.0 Å². The van der Waals surface area contributed by atoms with Crippen molar-refractivity contribution < 1.29 is 19.1 Å². The van der Waals surface area contributed by atoms with E-state index in [0.29, 0.717) is 17.9 Å². The summed E-state index contributed by atoms with van der Waals surface area (Å²) in [6.45, 7) is 5.86. The van der Waals surface area contributed by atoms with Crippen LogP contribution in [0.3, 0.4) is 0 Å². The Hall–Kier alpha value is -2.08. The number of methoxy groups -OCH3 is 2. The van der Waals surface area contributed by atoms with Gasteiger partial charge in [-0.2, -0.15) is 0 Å². The van der Waals surface area contributed by atoms with Crippen molar-refractivity contribution in [1.29, 1.82) is 0 Å². The highest BCUT2D eigenvalue weighted by Gasteiger charge is 2.71. The van der Waals surface area contributed by atoms with Gasteiger partial charge in [-0.15, -0.1) is 0 Å². The topological polar surface area (TPSA) is 59.1 Å². The fourth-order valence-corrected chi connectivity index (χ4v) is 7.36. The molecule has 1 spiro atoms. The van der Waals surface area contributed by atoms with E-state index >= 15 is 0 Å². The van der Waals surface area contributed by atoms with E-state index in [1.165, 1.54) is 0 Å². The first-order chi connectivity index (χ1) is 13.9. The van der Waals surface area contributed by atoms with Gasteiger partial charge in [-0.3, -0.25) is 19.4 Å². The van der Waals surface area contributed by atoms with Gasteiger partial charge in [-0.25, -0.2) is 0 Å². The first-order valence-electron chi connectivity index (χ1n) is 10.8. The Bertz CT molecular complexity index is 899. The molecule has 0 bridgehead atoms. The van der Waals surface area contributed by atoms with E-state index in [9.17, 15) is 9.59 Å². The molecule has 5 rings (SSSR count). The number of carbonyl (C=O) groups is 2. The third-order valence-electron chi connectivity index (χ3n) is 8.25. The molecule has 3 heterocycles. The van der Waals surface area contributed by atoms with E-state index in [4.69, 9.17) is 9.47 Å². The first kappa shape index (κ1) is 18.9. The molecule has 2 saturated heterocycles. The van der Waals surface area contributed by atoms with Crippen molar-refractivity contribution in [3.8, 4) is 11.5 Å². The van der Waals surface area contributed by atoms with Crippen LogP contribution in [-0.4, -0.2) is 56.0 Å². The van der Waals surface area contributed by atoms with Crippen LogP contribution < -0.4 is 14.4 Å². The summed E-state index contributed by atoms with van der Waals surface area (Å²) in [7, 11) is 3.21. The second-order valence-corrected chi connectivity index (χ2v) is 9.18. The summed E-state index contributed by atoms with van der Waals surface area (Å²) < 4.78 is 11.3. The van der Waals surface area contributed by atoms with Crippen LogP contribution in [-0.2, 0) is 15.0 Å². The molecular weight excluding hydrogens is 368 g/mol. The van der Waals surface area contributed by atoms with Gasteiger partial charge in [-0.05, 0) is 55.8 Å². The van der Waals surface area contributed by atoms with Gasteiger partial charge < -0.3 is 9.47 Å². The molecule has 29 heavy (non-hydrogen) atoms. The predicted molar refractivity (Wildman–Crippen MR) is 110 cm³/mol. The Balaban J connectivity index is 1.83. The third kappa shape index (κ3) is 2.11. The SMILES string of the molecule is CCC12CCCN3CCC4(c5ccc(OC)c(OC)c5N(C(C)=O)C4C(=O)C1)C32. The largest absolute Gasteiger partial charge is 0.493 e. The van der Waals surface area contributed by atoms with Gasteiger partial charge in [0.15, 0.2) is 17.3 Å². The highest BCUT2D eigenvalue weighted by atomic mass is 16.5. The number of hydrogen-bond acceptors (Lipinski definition) is 5. The number of amides is 1. The zero-order valence-corrected chi connectivity index (χ0v) is 17.8. The fourth-order valence-electron chi connectivity index (χ4n) is 7.36. The average Bonchev–Trinajstić information content (AvgIpc) is 3.25. The minimum atomic E-state index is -0.441. The van der Waals surface area contributed by atoms with Gasteiger partial charge in [0.25, 0.3) is 0 Å². The summed E-state index contributed by atoms with van der Waals surface area (Å²) in [5.41, 5.74) is 1.49. The Morgan fingerprint density at radius 1 is 1.21 bits per heavy atom. The van der Waals surface area contributed by atoms with Gasteiger partial charge >= 0.3 is 0 Å². The summed E-state index contributed by atoms with van der Waals surface area (Å²) in [6.07, 6.45) is 4.70. The molecule has 3 aliphatic heterocycles. The van der Waals surface area contributed by atoms with Crippen LogP contribution in [0.1, 0.15) is 51.5 Å². The molecule has 0 aromatic heterocycles. The number of rotatable bonds is 3. The zero-order chi connectivity index (χ0) is 20.6. The molecule has 1 aromatic rings. The monoisotopic (exact) mass is 398 g/mol. The number of Topliss-reactive ketones (excluding diaryl/α,β-unsaturated/α-hetero) is 1. The van der Waals surface area contributed by atoms with Crippen LogP contribution in [0.15, 0.2) is 12.1 Å². The lowest BCUT2D eigenvalue weighted by Crippen LogP contribution is -2.68. The number of benzene rings is 1. The number of anilines is 1. The minimum absolute atomic E-state index is 0.000431. The van der Waals surface area contributed by atoms with Crippen molar-refractivity contribution >= 4 is 17.4 Å². The van der Waals surface area contributed by atoms with Crippen molar-refractivity contribution in [2.24, 2.45) is 5.41 Å². The molecule has 6 nitrogen and oxygen atoms in total. The van der Waals surface area contributed by atoms with Crippen molar-refractivity contribution in [2.75, 3.05) is 32.2 Å². The summed E-state index contributed by atoms with van der Waals surface area (Å²) >= 11 is 0. The summed E-state index contributed by atoms with van der Waals surface area (Å²) in [6, 6.07) is 3.87. The molecular formula is C23H30N2O4. The van der Waals surface area contributed by atoms with E-state index in [2.05, 4.69) is 17.9 Å². The Morgan fingerprint density at radius 2 is 2.00 bits per heavy atom. The zero-order valence-electron chi connectivity index (χ0n) is 17.8. The van der Waals surface area contributed by atoms with Gasteiger partial charge in [0.2, 0.25) is 5.91 Å². The molecule has 4 unspecified atom stereocenters. The van der Waals surface area contributed by atoms with Crippen LogP contribution in [0.4, 0.5) is 5.69 Å². The molecule has 1 amide bonds. The van der Waals surface area contributed by atoms with E-state index in [-0.39, 0.29) is 28.6 Å². The number of ketones is 1. The quantitative estimate of drug-likeness (QED) is 0.784. The van der Waals surface area contributed by atoms with Crippen molar-refractivity contribution in [1.82, 2.24) is 4.90 Å². The number of nitrogens with zero attached hydrogens (tertiary/aromatic N) is 2. The lowest BCUT2D eigenvalue weighted by molar-refractivity contribution is -0.137. The first-order valence-corrected chi connectivity index (χ1v) is 10.8. The van der Waals surface area contributed by atoms with Gasteiger partial charge in [0.05, 0.1) is 19.9 Å². The van der Waals surface area contributed by atoms with Gasteiger partial charge in [0.1, 0.15) is 6.04 Å². The summed E-state index contributed by atoms with van der Waals surface area (Å²) in [4.78, 5) is 31.0. The highest BCUT2D eigenvalue weighted by molar-refractivity contribution is 6.07. The minimum Gasteiger partial charge on any atom is -0.493 e. The van der Waals surface area contributed by atoms with Crippen LogP contribution >= 0.6 is 0 Å². The Labute approximate surface area is 172 Å². The summed E-state index contributed by atoms with van der Waals surface area (Å²) in [5, 5.41) is 0. The predicted octanol–water partition coefficient (Wildman–Crippen LogP) is 2.91. The lowest BCUT2D eigenvalue weighted by Gasteiger charge is -2.57. The average molecular weight is 399 g/mol. The number of fused-ring (bicyclic) bond motifs is 1. The maximum absolute atomic E-state index is 13.7. The standard InChI is InChI=1S/C23H30N2O4/c1-5-22-9-6-11-24-12-10-23(21(22)24)15-7-8-17(28-3)19(29-4)18(15)25(14(2)26)20(23)16(27)13-22/h7-8,20-21H,5-6,9-13H2,1-4H3. The molecule has 4 aliphatic rings. The highest BCUT2D eigenvalue weighted by Crippen LogP contribution is 2.66. The smallest absolute Gasteiger partial charge is 0.224 e. The van der Waals surface area contributed by atoms with Gasteiger partial charge in [0, 0.05) is 24.8 Å². The van der Waals surface area contributed by atoms with E-state index in [1.54, 1.807) is 26.0 Å². The molecule has 1 aliphatic carbocycles. The van der Waals surface area contributed by atoms with Crippen LogP contribution in [0.25, 0.3) is 0 Å². The molecule has 1 aromatic carbocycles. The molecule has 1 saturated carbocycles. The Morgan fingerprint density at radius 3 is 2.66 bits per heavy atom. The maximum atomic E-state index is 13.7. The molecule has 156 valence electrons. The van der Waals surface area contributed by atoms with E-state index < -0.39 is 6.04 Å². The normalized spacial score (nSPS) is 35.2. The van der Waals surface area contributed by atoms with Crippen LogP contribution in [0, 0.1) is 5.41 Å². The maximum Gasteiger partial charge on any atom is 0.224 e. The summed E-state index contributed by atoms with van der Waals surface area (Å²) in [5.74, 6) is 1.26. The molecule has 6 heteroatoms. The Kier molecular flexibility index (Phi) is 4.05. The van der Waals surface area contributed by atoms with Crippen molar-refractivity contribution in [3.05, 3.63) is 17.7 Å².